The van der Waals surface area contributed by atoms with E-state index in [2.05, 4.69) is 27.7 Å². The molecule has 0 spiro atoms. The first kappa shape index (κ1) is 10.0. The fraction of sp³-hybridized carbons (Fsp3) is 1.00. The van der Waals surface area contributed by atoms with Crippen molar-refractivity contribution in [2.45, 2.75) is 53.4 Å². The van der Waals surface area contributed by atoms with Gasteiger partial charge < -0.3 is 0 Å². The molecule has 1 rings (SSSR count). The number of hydrogen-bond acceptors (Lipinski definition) is 0. The van der Waals surface area contributed by atoms with E-state index < -0.39 is 0 Å². The maximum absolute atomic E-state index is 2.28. The zero-order valence-electron chi connectivity index (χ0n) is 7.98. The molecule has 0 bridgehead atoms. The van der Waals surface area contributed by atoms with Crippen molar-refractivity contribution in [2.24, 2.45) is 11.8 Å². The monoisotopic (exact) mass is 142 g/mol. The van der Waals surface area contributed by atoms with Gasteiger partial charge in [-0.3, -0.25) is 0 Å². The highest BCUT2D eigenvalue weighted by atomic mass is 14.2. The first-order valence-corrected chi connectivity index (χ1v) is 4.70. The molecular formula is C10H22. The van der Waals surface area contributed by atoms with Gasteiger partial charge in [-0.2, -0.15) is 0 Å². The highest BCUT2D eigenvalue weighted by molar-refractivity contribution is 4.65. The van der Waals surface area contributed by atoms with Gasteiger partial charge in [-0.25, -0.2) is 0 Å². The molecule has 1 fully saturated rings. The van der Waals surface area contributed by atoms with E-state index in [1.165, 1.54) is 25.7 Å². The summed E-state index contributed by atoms with van der Waals surface area (Å²) >= 11 is 0. The lowest BCUT2D eigenvalue weighted by molar-refractivity contribution is 0.544. The molecule has 0 saturated heterocycles. The van der Waals surface area contributed by atoms with Crippen molar-refractivity contribution in [2.75, 3.05) is 0 Å². The zero-order valence-corrected chi connectivity index (χ0v) is 7.98. The standard InChI is InChI=1S/C6H14.C4H8/c1-4-6(3)5-2;1-4-2-3-4/h6H,4-5H2,1-3H3;4H,2-3H2,1H3. The molecule has 0 N–H and O–H groups in total. The van der Waals surface area contributed by atoms with Crippen LogP contribution in [0.2, 0.25) is 0 Å². The van der Waals surface area contributed by atoms with Crippen molar-refractivity contribution in [1.82, 2.24) is 0 Å². The average molecular weight is 142 g/mol. The Morgan fingerprint density at radius 2 is 1.50 bits per heavy atom. The van der Waals surface area contributed by atoms with Crippen LogP contribution in [0.25, 0.3) is 0 Å². The predicted molar refractivity (Wildman–Crippen MR) is 48.1 cm³/mol. The van der Waals surface area contributed by atoms with E-state index in [9.17, 15) is 0 Å². The average Bonchev–Trinajstić information content (AvgIpc) is 2.71. The third-order valence-corrected chi connectivity index (χ3v) is 2.26. The van der Waals surface area contributed by atoms with Gasteiger partial charge in [-0.15, -0.1) is 0 Å². The predicted octanol–water partition coefficient (Wildman–Crippen LogP) is 3.86. The van der Waals surface area contributed by atoms with Crippen LogP contribution in [0.15, 0.2) is 0 Å². The van der Waals surface area contributed by atoms with Crippen LogP contribution in [0, 0.1) is 11.8 Å². The Labute approximate surface area is 66.0 Å². The normalized spacial score (nSPS) is 16.5. The maximum Gasteiger partial charge on any atom is -0.0443 e. The largest absolute Gasteiger partial charge is 0.0651 e. The summed E-state index contributed by atoms with van der Waals surface area (Å²) in [7, 11) is 0. The van der Waals surface area contributed by atoms with Gasteiger partial charge in [0, 0.05) is 0 Å². The quantitative estimate of drug-likeness (QED) is 0.549. The molecule has 0 heterocycles. The van der Waals surface area contributed by atoms with Gasteiger partial charge in [0.2, 0.25) is 0 Å². The van der Waals surface area contributed by atoms with Gasteiger partial charge in [-0.1, -0.05) is 53.4 Å². The molecule has 1 aliphatic carbocycles. The Morgan fingerprint density at radius 1 is 1.20 bits per heavy atom. The molecule has 0 aromatic rings. The second kappa shape index (κ2) is 5.76. The number of hydrogen-bond donors (Lipinski definition) is 0. The summed E-state index contributed by atoms with van der Waals surface area (Å²) in [6, 6.07) is 0. The Balaban J connectivity index is 0.000000172. The minimum Gasteiger partial charge on any atom is -0.0651 e. The van der Waals surface area contributed by atoms with E-state index in [1.54, 1.807) is 0 Å². The second-order valence-corrected chi connectivity index (χ2v) is 3.60. The highest BCUT2D eigenvalue weighted by Gasteiger charge is 2.12. The Morgan fingerprint density at radius 3 is 1.50 bits per heavy atom. The zero-order chi connectivity index (χ0) is 7.98. The summed E-state index contributed by atoms with van der Waals surface area (Å²) in [5.74, 6) is 2.02. The molecule has 10 heavy (non-hydrogen) atoms. The lowest BCUT2D eigenvalue weighted by Gasteiger charge is -1.98. The lowest BCUT2D eigenvalue weighted by Crippen LogP contribution is -1.85. The summed E-state index contributed by atoms with van der Waals surface area (Å²) in [4.78, 5) is 0. The molecular weight excluding hydrogens is 120 g/mol. The minimum absolute atomic E-state index is 0.935. The summed E-state index contributed by atoms with van der Waals surface area (Å²) in [6.07, 6.45) is 5.63. The molecule has 62 valence electrons. The molecule has 1 saturated carbocycles. The molecule has 0 radical (unpaired) electrons. The van der Waals surface area contributed by atoms with Crippen LogP contribution in [0.4, 0.5) is 0 Å². The Kier molecular flexibility index (Phi) is 5.76. The lowest BCUT2D eigenvalue weighted by atomic mass is 10.1. The SMILES string of the molecule is CC1CC1.CCC(C)CC. The van der Waals surface area contributed by atoms with Crippen molar-refractivity contribution in [3.05, 3.63) is 0 Å². The second-order valence-electron chi connectivity index (χ2n) is 3.60. The van der Waals surface area contributed by atoms with Gasteiger partial charge in [-0.05, 0) is 11.8 Å². The van der Waals surface area contributed by atoms with Crippen molar-refractivity contribution in [3.63, 3.8) is 0 Å². The molecule has 1 aliphatic rings. The van der Waals surface area contributed by atoms with Crippen LogP contribution in [0.1, 0.15) is 53.4 Å². The first-order valence-electron chi connectivity index (χ1n) is 4.70. The van der Waals surface area contributed by atoms with Crippen LogP contribution in [-0.2, 0) is 0 Å². The molecule has 0 aromatic heterocycles. The maximum atomic E-state index is 2.28. The summed E-state index contributed by atoms with van der Waals surface area (Å²) in [6.45, 7) is 9.02. The van der Waals surface area contributed by atoms with Crippen molar-refractivity contribution < 1.29 is 0 Å². The smallest absolute Gasteiger partial charge is 0.0443 e. The summed E-state index contributed by atoms with van der Waals surface area (Å²) in [5, 5.41) is 0. The van der Waals surface area contributed by atoms with Gasteiger partial charge >= 0.3 is 0 Å². The molecule has 0 heteroatoms. The molecule has 0 unspecified atom stereocenters. The fourth-order valence-electron chi connectivity index (χ4n) is 0.455. The molecule has 0 aromatic carbocycles. The van der Waals surface area contributed by atoms with E-state index >= 15 is 0 Å². The Bertz CT molecular complexity index is 58.4. The van der Waals surface area contributed by atoms with Crippen LogP contribution in [0.3, 0.4) is 0 Å². The van der Waals surface area contributed by atoms with E-state index in [1.807, 2.05) is 0 Å². The van der Waals surface area contributed by atoms with Crippen LogP contribution in [-0.4, -0.2) is 0 Å². The topological polar surface area (TPSA) is 0 Å². The van der Waals surface area contributed by atoms with Gasteiger partial charge in [0.05, 0.1) is 0 Å². The number of rotatable bonds is 2. The third-order valence-electron chi connectivity index (χ3n) is 2.26. The van der Waals surface area contributed by atoms with Crippen LogP contribution >= 0.6 is 0 Å². The van der Waals surface area contributed by atoms with Crippen molar-refractivity contribution in [1.29, 1.82) is 0 Å². The van der Waals surface area contributed by atoms with E-state index in [0.717, 1.165) is 11.8 Å². The molecule has 0 nitrogen and oxygen atoms in total. The summed E-state index contributed by atoms with van der Waals surface area (Å²) < 4.78 is 0. The fourth-order valence-corrected chi connectivity index (χ4v) is 0.455. The van der Waals surface area contributed by atoms with Crippen molar-refractivity contribution in [3.8, 4) is 0 Å². The van der Waals surface area contributed by atoms with Crippen LogP contribution in [0.5, 0.6) is 0 Å². The van der Waals surface area contributed by atoms with Crippen LogP contribution < -0.4 is 0 Å². The molecule has 0 aliphatic heterocycles. The molecule has 0 atom stereocenters. The first-order chi connectivity index (χ1) is 4.70. The van der Waals surface area contributed by atoms with E-state index in [0.29, 0.717) is 0 Å². The minimum atomic E-state index is 0.935. The summed E-state index contributed by atoms with van der Waals surface area (Å²) in [5.41, 5.74) is 0. The van der Waals surface area contributed by atoms with Gasteiger partial charge in [0.1, 0.15) is 0 Å². The van der Waals surface area contributed by atoms with E-state index in [-0.39, 0.29) is 0 Å². The van der Waals surface area contributed by atoms with Crippen molar-refractivity contribution >= 4 is 0 Å². The van der Waals surface area contributed by atoms with Gasteiger partial charge in [0.15, 0.2) is 0 Å². The van der Waals surface area contributed by atoms with E-state index in [4.69, 9.17) is 0 Å². The third kappa shape index (κ3) is 8.00. The Hall–Kier alpha value is 0. The molecule has 0 amide bonds. The highest BCUT2D eigenvalue weighted by Crippen LogP contribution is 2.26. The van der Waals surface area contributed by atoms with Gasteiger partial charge in [0.25, 0.3) is 0 Å².